The van der Waals surface area contributed by atoms with Crippen LogP contribution < -0.4 is 5.32 Å². The largest absolute Gasteiger partial charge is 0.462 e. The number of esters is 1. The molecule has 1 saturated carbocycles. The second-order valence-corrected chi connectivity index (χ2v) is 10.0. The molecule has 0 saturated heterocycles. The summed E-state index contributed by atoms with van der Waals surface area (Å²) in [4.78, 5) is 26.5. The highest BCUT2D eigenvalue weighted by atomic mass is 32.1. The number of nitriles is 1. The molecule has 1 amide bonds. The van der Waals surface area contributed by atoms with Crippen molar-refractivity contribution in [2.45, 2.75) is 70.1 Å². The summed E-state index contributed by atoms with van der Waals surface area (Å²) in [5.74, 6) is 0.208. The summed E-state index contributed by atoms with van der Waals surface area (Å²) < 4.78 is 5.33. The van der Waals surface area contributed by atoms with Crippen LogP contribution in [0, 0.1) is 17.2 Å². The highest BCUT2D eigenvalue weighted by Crippen LogP contribution is 2.45. The Morgan fingerprint density at radius 3 is 2.69 bits per heavy atom. The van der Waals surface area contributed by atoms with Crippen molar-refractivity contribution >= 4 is 28.2 Å². The van der Waals surface area contributed by atoms with Crippen molar-refractivity contribution in [3.63, 3.8) is 0 Å². The fourth-order valence-corrected chi connectivity index (χ4v) is 6.48. The van der Waals surface area contributed by atoms with E-state index in [9.17, 15) is 14.9 Å². The molecule has 0 aliphatic heterocycles. The van der Waals surface area contributed by atoms with Crippen LogP contribution in [0.3, 0.4) is 0 Å². The number of ether oxygens (including phenoxy) is 1. The summed E-state index contributed by atoms with van der Waals surface area (Å²) >= 11 is 1.43. The first-order valence-electron chi connectivity index (χ1n) is 11.6. The van der Waals surface area contributed by atoms with Gasteiger partial charge in [-0.2, -0.15) is 5.26 Å². The number of rotatable bonds is 7. The molecule has 2 aliphatic carbocycles. The number of carbonyl (C=O) groups is 2. The van der Waals surface area contributed by atoms with Gasteiger partial charge in [-0.15, -0.1) is 11.3 Å². The second-order valence-electron chi connectivity index (χ2n) is 8.90. The summed E-state index contributed by atoms with van der Waals surface area (Å²) in [6, 6.07) is 12.4. The van der Waals surface area contributed by atoms with Gasteiger partial charge >= 0.3 is 5.97 Å². The number of carbonyl (C=O) groups excluding carboxylic acids is 2. The summed E-state index contributed by atoms with van der Waals surface area (Å²) in [5, 5.41) is 13.7. The molecule has 1 unspecified atom stereocenters. The number of fused-ring (bicyclic) bond motifs is 1. The number of hydrogen-bond donors (Lipinski definition) is 1. The van der Waals surface area contributed by atoms with Crippen LogP contribution in [-0.4, -0.2) is 18.5 Å². The molecule has 1 heterocycles. The quantitative estimate of drug-likeness (QED) is 0.542. The minimum absolute atomic E-state index is 0.0457. The Morgan fingerprint density at radius 1 is 1.25 bits per heavy atom. The molecule has 2 aromatic rings. The standard InChI is InChI=1S/C26H30N2O3S/c1-2-31-25(30)23-20-14-15-26(17-27,19-10-4-3-5-11-19)16-21(20)32-24(23)28-22(29)13-12-18-8-6-7-9-18/h3-5,10-11,18H,2,6-9,12-16H2,1H3,(H,28,29). The zero-order chi connectivity index (χ0) is 22.6. The molecule has 6 heteroatoms. The molecule has 1 aromatic carbocycles. The lowest BCUT2D eigenvalue weighted by Gasteiger charge is -2.31. The van der Waals surface area contributed by atoms with Crippen LogP contribution in [-0.2, 0) is 27.8 Å². The van der Waals surface area contributed by atoms with E-state index in [1.807, 2.05) is 30.3 Å². The Hall–Kier alpha value is -2.65. The molecule has 1 fully saturated rings. The fourth-order valence-electron chi connectivity index (χ4n) is 5.11. The molecule has 4 rings (SSSR count). The highest BCUT2D eigenvalue weighted by Gasteiger charge is 2.40. The molecule has 32 heavy (non-hydrogen) atoms. The molecule has 1 N–H and O–H groups in total. The maximum absolute atomic E-state index is 12.8. The first kappa shape index (κ1) is 22.5. The predicted molar refractivity (Wildman–Crippen MR) is 126 cm³/mol. The van der Waals surface area contributed by atoms with E-state index in [0.717, 1.165) is 22.4 Å². The molecule has 5 nitrogen and oxygen atoms in total. The van der Waals surface area contributed by atoms with Gasteiger partial charge in [0.05, 0.1) is 23.7 Å². The molecule has 2 aliphatic rings. The van der Waals surface area contributed by atoms with Crippen LogP contribution in [0.1, 0.15) is 78.2 Å². The van der Waals surface area contributed by atoms with Gasteiger partial charge in [-0.3, -0.25) is 4.79 Å². The Bertz CT molecular complexity index is 1020. The van der Waals surface area contributed by atoms with Crippen molar-refractivity contribution < 1.29 is 14.3 Å². The second kappa shape index (κ2) is 9.87. The van der Waals surface area contributed by atoms with E-state index in [2.05, 4.69) is 11.4 Å². The number of anilines is 1. The first-order valence-corrected chi connectivity index (χ1v) is 12.5. The zero-order valence-corrected chi connectivity index (χ0v) is 19.4. The lowest BCUT2D eigenvalue weighted by atomic mass is 9.70. The van der Waals surface area contributed by atoms with Gasteiger partial charge in [0, 0.05) is 17.7 Å². The topological polar surface area (TPSA) is 79.2 Å². The molecule has 1 aromatic heterocycles. The summed E-state index contributed by atoms with van der Waals surface area (Å²) in [5.41, 5.74) is 1.80. The van der Waals surface area contributed by atoms with Crippen LogP contribution >= 0.6 is 11.3 Å². The molecular formula is C26H30N2O3S. The van der Waals surface area contributed by atoms with Crippen LogP contribution in [0.2, 0.25) is 0 Å². The minimum atomic E-state index is -0.616. The Labute approximate surface area is 193 Å². The minimum Gasteiger partial charge on any atom is -0.462 e. The molecule has 168 valence electrons. The molecule has 0 spiro atoms. The van der Waals surface area contributed by atoms with Crippen molar-refractivity contribution in [3.05, 3.63) is 51.9 Å². The zero-order valence-electron chi connectivity index (χ0n) is 18.6. The average Bonchev–Trinajstić information content (AvgIpc) is 3.45. The normalized spacial score (nSPS) is 20.4. The monoisotopic (exact) mass is 450 g/mol. The number of hydrogen-bond acceptors (Lipinski definition) is 5. The van der Waals surface area contributed by atoms with E-state index < -0.39 is 5.41 Å². The fraction of sp³-hybridized carbons (Fsp3) is 0.500. The third-order valence-electron chi connectivity index (χ3n) is 6.88. The Balaban J connectivity index is 1.59. The van der Waals surface area contributed by atoms with Gasteiger partial charge < -0.3 is 10.1 Å². The SMILES string of the molecule is CCOC(=O)c1c(NC(=O)CCC2CCCC2)sc2c1CCC(C#N)(c1ccccc1)C2. The van der Waals surface area contributed by atoms with Crippen LogP contribution in [0.5, 0.6) is 0 Å². The number of nitrogens with zero attached hydrogens (tertiary/aromatic N) is 1. The number of nitrogens with one attached hydrogen (secondary N) is 1. The summed E-state index contributed by atoms with van der Waals surface area (Å²) in [6.07, 6.45) is 8.11. The van der Waals surface area contributed by atoms with Crippen LogP contribution in [0.25, 0.3) is 0 Å². The first-order chi connectivity index (χ1) is 15.6. The van der Waals surface area contributed by atoms with Gasteiger partial charge in [-0.1, -0.05) is 56.0 Å². The van der Waals surface area contributed by atoms with Crippen molar-refractivity contribution in [3.8, 4) is 6.07 Å². The van der Waals surface area contributed by atoms with E-state index in [1.165, 1.54) is 37.0 Å². The highest BCUT2D eigenvalue weighted by molar-refractivity contribution is 7.17. The van der Waals surface area contributed by atoms with Gasteiger partial charge in [-0.05, 0) is 43.2 Å². The molecular weight excluding hydrogens is 420 g/mol. The third-order valence-corrected chi connectivity index (χ3v) is 8.03. The van der Waals surface area contributed by atoms with Gasteiger partial charge in [0.25, 0.3) is 0 Å². The van der Waals surface area contributed by atoms with E-state index in [1.54, 1.807) is 6.92 Å². The van der Waals surface area contributed by atoms with Crippen LogP contribution in [0.15, 0.2) is 30.3 Å². The maximum atomic E-state index is 12.8. The Kier molecular flexibility index (Phi) is 6.95. The molecule has 0 radical (unpaired) electrons. The average molecular weight is 451 g/mol. The summed E-state index contributed by atoms with van der Waals surface area (Å²) in [7, 11) is 0. The van der Waals surface area contributed by atoms with Gasteiger partial charge in [0.2, 0.25) is 5.91 Å². The molecule has 1 atom stereocenters. The Morgan fingerprint density at radius 2 is 2.00 bits per heavy atom. The number of thiophene rings is 1. The van der Waals surface area contributed by atoms with Gasteiger partial charge in [-0.25, -0.2) is 4.79 Å². The van der Waals surface area contributed by atoms with Crippen molar-refractivity contribution in [2.75, 3.05) is 11.9 Å². The predicted octanol–water partition coefficient (Wildman–Crippen LogP) is 5.78. The van der Waals surface area contributed by atoms with Crippen molar-refractivity contribution in [1.29, 1.82) is 5.26 Å². The van der Waals surface area contributed by atoms with E-state index in [0.29, 0.717) is 42.2 Å². The lowest BCUT2D eigenvalue weighted by Crippen LogP contribution is -2.31. The third kappa shape index (κ3) is 4.59. The smallest absolute Gasteiger partial charge is 0.341 e. The number of amides is 1. The van der Waals surface area contributed by atoms with Crippen LogP contribution in [0.4, 0.5) is 5.00 Å². The number of benzene rings is 1. The summed E-state index contributed by atoms with van der Waals surface area (Å²) in [6.45, 7) is 2.07. The lowest BCUT2D eigenvalue weighted by molar-refractivity contribution is -0.116. The van der Waals surface area contributed by atoms with Crippen molar-refractivity contribution in [2.24, 2.45) is 5.92 Å². The van der Waals surface area contributed by atoms with E-state index >= 15 is 0 Å². The van der Waals surface area contributed by atoms with Gasteiger partial charge in [0.15, 0.2) is 0 Å². The van der Waals surface area contributed by atoms with E-state index in [-0.39, 0.29) is 18.5 Å². The maximum Gasteiger partial charge on any atom is 0.341 e. The van der Waals surface area contributed by atoms with E-state index in [4.69, 9.17) is 4.74 Å². The van der Waals surface area contributed by atoms with Crippen molar-refractivity contribution in [1.82, 2.24) is 0 Å². The molecule has 0 bridgehead atoms. The van der Waals surface area contributed by atoms with Gasteiger partial charge in [0.1, 0.15) is 5.00 Å².